The molecule has 0 radical (unpaired) electrons. The zero-order valence-electron chi connectivity index (χ0n) is 12.1. The summed E-state index contributed by atoms with van der Waals surface area (Å²) < 4.78 is 5.39. The molecule has 110 valence electrons. The molecule has 3 unspecified atom stereocenters. The summed E-state index contributed by atoms with van der Waals surface area (Å²) in [4.78, 5) is 13.8. The number of carbonyl (C=O) groups is 1. The Kier molecular flexibility index (Phi) is 3.80. The van der Waals surface area contributed by atoms with Crippen molar-refractivity contribution in [2.45, 2.75) is 51.7 Å². The first-order valence-corrected chi connectivity index (χ1v) is 7.04. The van der Waals surface area contributed by atoms with Gasteiger partial charge in [0.25, 0.3) is 0 Å². The van der Waals surface area contributed by atoms with Crippen LogP contribution in [-0.4, -0.2) is 52.6 Å². The van der Waals surface area contributed by atoms with Gasteiger partial charge in [-0.15, -0.1) is 0 Å². The van der Waals surface area contributed by atoms with Crippen LogP contribution in [0.1, 0.15) is 40.0 Å². The van der Waals surface area contributed by atoms with E-state index in [1.165, 1.54) is 0 Å². The summed E-state index contributed by atoms with van der Waals surface area (Å²) in [5.74, 6) is 0.0576. The first-order valence-electron chi connectivity index (χ1n) is 7.04. The zero-order valence-corrected chi connectivity index (χ0v) is 12.1. The number of hydrogen-bond donors (Lipinski definition) is 2. The molecule has 2 bridgehead atoms. The molecule has 5 heteroatoms. The molecule has 1 saturated heterocycles. The maximum Gasteiger partial charge on any atom is 0.410 e. The van der Waals surface area contributed by atoms with Crippen molar-refractivity contribution in [1.82, 2.24) is 4.90 Å². The van der Waals surface area contributed by atoms with Gasteiger partial charge in [0.1, 0.15) is 5.60 Å². The number of aliphatic hydroxyl groups excluding tert-OH is 2. The summed E-state index contributed by atoms with van der Waals surface area (Å²) in [5, 5.41) is 20.0. The monoisotopic (exact) mass is 271 g/mol. The van der Waals surface area contributed by atoms with Crippen molar-refractivity contribution in [2.24, 2.45) is 11.3 Å². The molecule has 0 aromatic rings. The van der Waals surface area contributed by atoms with Crippen LogP contribution >= 0.6 is 0 Å². The van der Waals surface area contributed by atoms with Crippen molar-refractivity contribution >= 4 is 6.09 Å². The molecule has 0 aromatic heterocycles. The summed E-state index contributed by atoms with van der Waals surface area (Å²) in [6.07, 6.45) is 1.82. The van der Waals surface area contributed by atoms with Crippen LogP contribution in [0.15, 0.2) is 0 Å². The average molecular weight is 271 g/mol. The second-order valence-corrected chi connectivity index (χ2v) is 6.98. The fourth-order valence-electron chi connectivity index (χ4n) is 3.30. The molecular weight excluding hydrogens is 246 g/mol. The lowest BCUT2D eigenvalue weighted by molar-refractivity contribution is -0.131. The fourth-order valence-corrected chi connectivity index (χ4v) is 3.30. The predicted octanol–water partition coefficient (Wildman–Crippen LogP) is 1.38. The van der Waals surface area contributed by atoms with Crippen LogP contribution in [0.2, 0.25) is 0 Å². The molecule has 2 aliphatic rings. The van der Waals surface area contributed by atoms with Crippen LogP contribution in [0.25, 0.3) is 0 Å². The smallest absolute Gasteiger partial charge is 0.410 e. The Morgan fingerprint density at radius 2 is 2.16 bits per heavy atom. The van der Waals surface area contributed by atoms with Gasteiger partial charge in [-0.2, -0.15) is 0 Å². The van der Waals surface area contributed by atoms with Gasteiger partial charge in [0.2, 0.25) is 0 Å². The molecule has 5 nitrogen and oxygen atoms in total. The molecule has 2 rings (SSSR count). The molecule has 19 heavy (non-hydrogen) atoms. The Labute approximate surface area is 114 Å². The first kappa shape index (κ1) is 14.6. The first-order chi connectivity index (χ1) is 8.77. The van der Waals surface area contributed by atoms with Crippen molar-refractivity contribution in [1.29, 1.82) is 0 Å². The molecular formula is C14H25NO4. The van der Waals surface area contributed by atoms with Gasteiger partial charge >= 0.3 is 6.09 Å². The maximum absolute atomic E-state index is 12.2. The summed E-state index contributed by atoms with van der Waals surface area (Å²) in [6, 6.07) is 0. The van der Waals surface area contributed by atoms with E-state index < -0.39 is 17.1 Å². The molecule has 0 spiro atoms. The van der Waals surface area contributed by atoms with Crippen LogP contribution in [-0.2, 0) is 4.74 Å². The van der Waals surface area contributed by atoms with Crippen LogP contribution in [0.3, 0.4) is 0 Å². The van der Waals surface area contributed by atoms with Crippen LogP contribution < -0.4 is 0 Å². The number of aliphatic hydroxyl groups is 2. The van der Waals surface area contributed by atoms with Gasteiger partial charge in [-0.1, -0.05) is 6.42 Å². The Balaban J connectivity index is 2.11. The quantitative estimate of drug-likeness (QED) is 0.756. The SMILES string of the molecule is CC(C)(C)OC(=O)N1CC2CCCC(CO)(C1)C2O. The van der Waals surface area contributed by atoms with Crippen LogP contribution in [0.5, 0.6) is 0 Å². The molecule has 1 heterocycles. The van der Waals surface area contributed by atoms with E-state index in [-0.39, 0.29) is 18.6 Å². The van der Waals surface area contributed by atoms with Gasteiger partial charge < -0.3 is 19.8 Å². The highest BCUT2D eigenvalue weighted by Crippen LogP contribution is 2.44. The molecule has 2 fully saturated rings. The second-order valence-electron chi connectivity index (χ2n) is 6.98. The lowest BCUT2D eigenvalue weighted by Crippen LogP contribution is -2.61. The van der Waals surface area contributed by atoms with Crippen molar-refractivity contribution < 1.29 is 19.7 Å². The van der Waals surface area contributed by atoms with E-state index in [9.17, 15) is 15.0 Å². The molecule has 1 aliphatic carbocycles. The highest BCUT2D eigenvalue weighted by atomic mass is 16.6. The van der Waals surface area contributed by atoms with Gasteiger partial charge in [0.05, 0.1) is 12.7 Å². The minimum Gasteiger partial charge on any atom is -0.444 e. The highest BCUT2D eigenvalue weighted by molar-refractivity contribution is 5.68. The summed E-state index contributed by atoms with van der Waals surface area (Å²) in [5.41, 5.74) is -1.08. The highest BCUT2D eigenvalue weighted by Gasteiger charge is 2.51. The van der Waals surface area contributed by atoms with E-state index in [0.29, 0.717) is 13.1 Å². The van der Waals surface area contributed by atoms with E-state index in [0.717, 1.165) is 19.3 Å². The van der Waals surface area contributed by atoms with Crippen LogP contribution in [0.4, 0.5) is 4.79 Å². The van der Waals surface area contributed by atoms with E-state index in [1.807, 2.05) is 20.8 Å². The average Bonchev–Trinajstić information content (AvgIpc) is 2.26. The zero-order chi connectivity index (χ0) is 14.3. The number of likely N-dealkylation sites (tertiary alicyclic amines) is 1. The fraction of sp³-hybridized carbons (Fsp3) is 0.929. The summed E-state index contributed by atoms with van der Waals surface area (Å²) in [7, 11) is 0. The third-order valence-electron chi connectivity index (χ3n) is 4.25. The lowest BCUT2D eigenvalue weighted by Gasteiger charge is -2.52. The molecule has 1 amide bonds. The molecule has 1 aliphatic heterocycles. The molecule has 3 atom stereocenters. The Morgan fingerprint density at radius 1 is 1.47 bits per heavy atom. The Bertz CT molecular complexity index is 352. The van der Waals surface area contributed by atoms with Crippen molar-refractivity contribution in [3.63, 3.8) is 0 Å². The van der Waals surface area contributed by atoms with E-state index in [1.54, 1.807) is 4.90 Å². The number of ether oxygens (including phenoxy) is 1. The third-order valence-corrected chi connectivity index (χ3v) is 4.25. The molecule has 1 saturated carbocycles. The Hall–Kier alpha value is -0.810. The summed E-state index contributed by atoms with van der Waals surface area (Å²) >= 11 is 0. The normalized spacial score (nSPS) is 35.1. The van der Waals surface area contributed by atoms with Gasteiger partial charge in [-0.3, -0.25) is 0 Å². The standard InChI is InChI=1S/C14H25NO4/c1-13(2,3)19-12(18)15-7-10-5-4-6-14(8-15,9-16)11(10)17/h10-11,16-17H,4-9H2,1-3H3. The van der Waals surface area contributed by atoms with Crippen molar-refractivity contribution in [3.8, 4) is 0 Å². The van der Waals surface area contributed by atoms with Gasteiger partial charge in [-0.25, -0.2) is 4.79 Å². The number of hydrogen-bond acceptors (Lipinski definition) is 4. The molecule has 2 N–H and O–H groups in total. The topological polar surface area (TPSA) is 70.0 Å². The number of carbonyl (C=O) groups excluding carboxylic acids is 1. The van der Waals surface area contributed by atoms with E-state index in [2.05, 4.69) is 0 Å². The number of fused-ring (bicyclic) bond motifs is 2. The minimum atomic E-state index is -0.557. The van der Waals surface area contributed by atoms with Crippen LogP contribution in [0, 0.1) is 11.3 Å². The predicted molar refractivity (Wildman–Crippen MR) is 70.7 cm³/mol. The number of amides is 1. The van der Waals surface area contributed by atoms with E-state index >= 15 is 0 Å². The van der Waals surface area contributed by atoms with E-state index in [4.69, 9.17) is 4.74 Å². The third kappa shape index (κ3) is 2.87. The number of nitrogens with zero attached hydrogens (tertiary/aromatic N) is 1. The minimum absolute atomic E-state index is 0.0576. The van der Waals surface area contributed by atoms with Gasteiger partial charge in [0.15, 0.2) is 0 Å². The largest absolute Gasteiger partial charge is 0.444 e. The lowest BCUT2D eigenvalue weighted by atomic mass is 9.65. The number of piperidine rings is 1. The van der Waals surface area contributed by atoms with Gasteiger partial charge in [-0.05, 0) is 33.6 Å². The number of rotatable bonds is 1. The second kappa shape index (κ2) is 4.94. The van der Waals surface area contributed by atoms with Crippen molar-refractivity contribution in [2.75, 3.05) is 19.7 Å². The van der Waals surface area contributed by atoms with Gasteiger partial charge in [0, 0.05) is 24.4 Å². The summed E-state index contributed by atoms with van der Waals surface area (Å²) in [6.45, 7) is 6.35. The maximum atomic E-state index is 12.2. The van der Waals surface area contributed by atoms with Crippen molar-refractivity contribution in [3.05, 3.63) is 0 Å². The Morgan fingerprint density at radius 3 is 2.74 bits per heavy atom. The molecule has 0 aromatic carbocycles.